The fourth-order valence-electron chi connectivity index (χ4n) is 2.68. The Morgan fingerprint density at radius 2 is 1.80 bits per heavy atom. The van der Waals surface area contributed by atoms with E-state index in [1.54, 1.807) is 10.7 Å². The Morgan fingerprint density at radius 3 is 2.48 bits per heavy atom. The summed E-state index contributed by atoms with van der Waals surface area (Å²) < 4.78 is 6.64. The van der Waals surface area contributed by atoms with Gasteiger partial charge in [-0.25, -0.2) is 9.48 Å². The van der Waals surface area contributed by atoms with Crippen molar-refractivity contribution in [1.82, 2.24) is 20.2 Å². The van der Waals surface area contributed by atoms with Crippen LogP contribution >= 0.6 is 0 Å². The summed E-state index contributed by atoms with van der Waals surface area (Å²) in [7, 11) is 1.38. The van der Waals surface area contributed by atoms with Gasteiger partial charge in [-0.05, 0) is 53.1 Å². The van der Waals surface area contributed by atoms with Crippen LogP contribution < -0.4 is 0 Å². The summed E-state index contributed by atoms with van der Waals surface area (Å²) in [5, 5.41) is 11.9. The lowest BCUT2D eigenvalue weighted by molar-refractivity contribution is 0.0601. The summed E-state index contributed by atoms with van der Waals surface area (Å²) in [5.74, 6) is 0.255. The Balaban J connectivity index is 2.14. The summed E-state index contributed by atoms with van der Waals surface area (Å²) in [6.45, 7) is 4.82. The molecule has 3 rings (SSSR count). The number of esters is 1. The molecule has 0 saturated heterocycles. The molecule has 0 aliphatic rings. The molecule has 2 aromatic carbocycles. The number of tetrazole rings is 1. The molecule has 6 nitrogen and oxygen atoms in total. The molecule has 0 unspecified atom stereocenters. The first kappa shape index (κ1) is 16.8. The third-order valence-electron chi connectivity index (χ3n) is 3.96. The van der Waals surface area contributed by atoms with Gasteiger partial charge in [-0.1, -0.05) is 36.8 Å². The molecule has 0 amide bonds. The average Bonchev–Trinajstić information content (AvgIpc) is 3.10. The second-order valence-electron chi connectivity index (χ2n) is 5.88. The first-order valence-electron chi connectivity index (χ1n) is 8.19. The largest absolute Gasteiger partial charge is 0.465 e. The predicted molar refractivity (Wildman–Crippen MR) is 95.1 cm³/mol. The number of carbonyl (C=O) groups excluding carboxylic acids is 1. The molecular formula is C19H20N4O2. The van der Waals surface area contributed by atoms with Crippen LogP contribution in [0.15, 0.2) is 42.5 Å². The summed E-state index contributed by atoms with van der Waals surface area (Å²) in [6.07, 6.45) is 0.916. The maximum atomic E-state index is 12.1. The van der Waals surface area contributed by atoms with Crippen LogP contribution in [-0.4, -0.2) is 33.3 Å². The van der Waals surface area contributed by atoms with Gasteiger partial charge in [0.25, 0.3) is 0 Å². The van der Waals surface area contributed by atoms with Gasteiger partial charge in [0.2, 0.25) is 0 Å². The fraction of sp³-hybridized carbons (Fsp3) is 0.263. The maximum absolute atomic E-state index is 12.1. The van der Waals surface area contributed by atoms with Crippen molar-refractivity contribution in [1.29, 1.82) is 0 Å². The zero-order valence-electron chi connectivity index (χ0n) is 14.6. The number of carbonyl (C=O) groups is 1. The van der Waals surface area contributed by atoms with E-state index in [1.165, 1.54) is 12.7 Å². The lowest BCUT2D eigenvalue weighted by atomic mass is 9.98. The topological polar surface area (TPSA) is 69.9 Å². The van der Waals surface area contributed by atoms with Gasteiger partial charge in [0, 0.05) is 12.1 Å². The van der Waals surface area contributed by atoms with E-state index in [0.717, 1.165) is 23.1 Å². The Bertz CT molecular complexity index is 885. The van der Waals surface area contributed by atoms with Crippen molar-refractivity contribution in [3.8, 4) is 22.5 Å². The minimum absolute atomic E-state index is 0.385. The van der Waals surface area contributed by atoms with Crippen LogP contribution in [0.25, 0.3) is 22.5 Å². The normalized spacial score (nSPS) is 10.7. The lowest BCUT2D eigenvalue weighted by Crippen LogP contribution is -2.05. The highest BCUT2D eigenvalue weighted by Gasteiger charge is 2.15. The van der Waals surface area contributed by atoms with E-state index in [-0.39, 0.29) is 5.97 Å². The first-order valence-corrected chi connectivity index (χ1v) is 8.19. The quantitative estimate of drug-likeness (QED) is 0.667. The van der Waals surface area contributed by atoms with Crippen LogP contribution in [0.1, 0.15) is 29.3 Å². The van der Waals surface area contributed by atoms with Gasteiger partial charge in [-0.2, -0.15) is 0 Å². The molecule has 1 aromatic heterocycles. The van der Waals surface area contributed by atoms with Crippen molar-refractivity contribution < 1.29 is 9.53 Å². The number of benzene rings is 2. The number of aromatic nitrogens is 4. The number of aryl methyl sites for hydroxylation is 2. The highest BCUT2D eigenvalue weighted by atomic mass is 16.5. The number of rotatable bonds is 5. The van der Waals surface area contributed by atoms with Crippen molar-refractivity contribution in [2.45, 2.75) is 26.8 Å². The second-order valence-corrected chi connectivity index (χ2v) is 5.88. The Hall–Kier alpha value is -3.02. The average molecular weight is 336 g/mol. The van der Waals surface area contributed by atoms with E-state index < -0.39 is 0 Å². The molecule has 0 aliphatic carbocycles. The lowest BCUT2D eigenvalue weighted by Gasteiger charge is -2.10. The van der Waals surface area contributed by atoms with Crippen LogP contribution in [-0.2, 0) is 11.3 Å². The van der Waals surface area contributed by atoms with Gasteiger partial charge < -0.3 is 4.74 Å². The van der Waals surface area contributed by atoms with Gasteiger partial charge in [0.1, 0.15) is 0 Å². The van der Waals surface area contributed by atoms with Crippen molar-refractivity contribution in [3.63, 3.8) is 0 Å². The molecule has 6 heteroatoms. The molecule has 0 spiro atoms. The minimum Gasteiger partial charge on any atom is -0.465 e. The second kappa shape index (κ2) is 7.25. The van der Waals surface area contributed by atoms with Crippen molar-refractivity contribution in [3.05, 3.63) is 53.6 Å². The Kier molecular flexibility index (Phi) is 4.88. The van der Waals surface area contributed by atoms with Gasteiger partial charge in [-0.15, -0.1) is 5.10 Å². The Labute approximate surface area is 146 Å². The smallest absolute Gasteiger partial charge is 0.337 e. The molecule has 0 atom stereocenters. The number of nitrogens with zero attached hydrogens (tertiary/aromatic N) is 4. The van der Waals surface area contributed by atoms with Crippen LogP contribution in [0, 0.1) is 6.92 Å². The van der Waals surface area contributed by atoms with Gasteiger partial charge >= 0.3 is 5.97 Å². The molecule has 0 radical (unpaired) electrons. The summed E-state index contributed by atoms with van der Waals surface area (Å²) in [6, 6.07) is 13.7. The number of methoxy groups -OCH3 is 1. The highest BCUT2D eigenvalue weighted by molar-refractivity contribution is 5.93. The van der Waals surface area contributed by atoms with Crippen molar-refractivity contribution >= 4 is 5.97 Å². The molecule has 0 aliphatic heterocycles. The fourth-order valence-corrected chi connectivity index (χ4v) is 2.68. The van der Waals surface area contributed by atoms with Crippen LogP contribution in [0.4, 0.5) is 0 Å². The molecule has 0 saturated carbocycles. The summed E-state index contributed by atoms with van der Waals surface area (Å²) >= 11 is 0. The van der Waals surface area contributed by atoms with E-state index in [0.29, 0.717) is 17.9 Å². The van der Waals surface area contributed by atoms with Crippen LogP contribution in [0.2, 0.25) is 0 Å². The maximum Gasteiger partial charge on any atom is 0.337 e. The van der Waals surface area contributed by atoms with Gasteiger partial charge in [0.15, 0.2) is 5.82 Å². The zero-order valence-corrected chi connectivity index (χ0v) is 14.6. The van der Waals surface area contributed by atoms with Gasteiger partial charge in [0.05, 0.1) is 12.7 Å². The van der Waals surface area contributed by atoms with E-state index in [9.17, 15) is 4.79 Å². The van der Waals surface area contributed by atoms with E-state index in [2.05, 4.69) is 22.4 Å². The molecule has 0 N–H and O–H groups in total. The zero-order chi connectivity index (χ0) is 17.8. The molecule has 1 heterocycles. The van der Waals surface area contributed by atoms with Crippen molar-refractivity contribution in [2.24, 2.45) is 0 Å². The standard InChI is InChI=1S/C19H20N4O2/c1-4-9-23-18(20-21-22-23)16-10-15(11-17(12-16)19(24)25-3)14-7-5-13(2)6-8-14/h5-8,10-12H,4,9H2,1-3H3. The van der Waals surface area contributed by atoms with Gasteiger partial charge in [-0.3, -0.25) is 0 Å². The van der Waals surface area contributed by atoms with E-state index in [4.69, 9.17) is 4.74 Å². The van der Waals surface area contributed by atoms with E-state index in [1.807, 2.05) is 43.3 Å². The van der Waals surface area contributed by atoms with Crippen LogP contribution in [0.3, 0.4) is 0 Å². The molecule has 0 bridgehead atoms. The monoisotopic (exact) mass is 336 g/mol. The molecule has 0 fully saturated rings. The number of ether oxygens (including phenoxy) is 1. The van der Waals surface area contributed by atoms with Crippen LogP contribution in [0.5, 0.6) is 0 Å². The van der Waals surface area contributed by atoms with Crippen molar-refractivity contribution in [2.75, 3.05) is 7.11 Å². The minimum atomic E-state index is -0.385. The first-order chi connectivity index (χ1) is 12.1. The third kappa shape index (κ3) is 3.57. The summed E-state index contributed by atoms with van der Waals surface area (Å²) in [5.41, 5.74) is 4.38. The highest BCUT2D eigenvalue weighted by Crippen LogP contribution is 2.28. The molecule has 128 valence electrons. The number of hydrogen-bond donors (Lipinski definition) is 0. The summed E-state index contributed by atoms with van der Waals surface area (Å²) in [4.78, 5) is 12.1. The SMILES string of the molecule is CCCn1nnnc1-c1cc(C(=O)OC)cc(-c2ccc(C)cc2)c1. The predicted octanol–water partition coefficient (Wildman–Crippen LogP) is 3.51. The molecule has 3 aromatic rings. The number of hydrogen-bond acceptors (Lipinski definition) is 5. The van der Waals surface area contributed by atoms with E-state index >= 15 is 0 Å². The Morgan fingerprint density at radius 1 is 1.08 bits per heavy atom. The molecule has 25 heavy (non-hydrogen) atoms. The third-order valence-corrected chi connectivity index (χ3v) is 3.96. The molecular weight excluding hydrogens is 316 g/mol.